The van der Waals surface area contributed by atoms with Crippen molar-refractivity contribution in [3.63, 3.8) is 0 Å². The molecular weight excluding hydrogens is 318 g/mol. The fourth-order valence-electron chi connectivity index (χ4n) is 2.76. The molecule has 1 fully saturated rings. The molecule has 0 spiro atoms. The Bertz CT molecular complexity index is 604. The molecule has 0 saturated carbocycles. The second-order valence-corrected chi connectivity index (χ2v) is 6.62. The first-order valence-corrected chi connectivity index (χ1v) is 8.20. The molecule has 1 N–H and O–H groups in total. The van der Waals surface area contributed by atoms with Gasteiger partial charge in [-0.15, -0.1) is 0 Å². The summed E-state index contributed by atoms with van der Waals surface area (Å²) in [6, 6.07) is 4.95. The lowest BCUT2D eigenvalue weighted by atomic mass is 9.82. The predicted molar refractivity (Wildman–Crippen MR) is 88.1 cm³/mol. The molecule has 0 bridgehead atoms. The molecule has 1 aromatic rings. The molecule has 1 heterocycles. The summed E-state index contributed by atoms with van der Waals surface area (Å²) in [4.78, 5) is 25.9. The monoisotopic (exact) mass is 339 g/mol. The van der Waals surface area contributed by atoms with Crippen molar-refractivity contribution in [3.05, 3.63) is 28.8 Å². The number of carboxylic acid groups (broad SMARTS) is 1. The zero-order valence-electron chi connectivity index (χ0n) is 13.5. The van der Waals surface area contributed by atoms with Gasteiger partial charge in [-0.1, -0.05) is 18.5 Å². The normalized spacial score (nSPS) is 21.1. The van der Waals surface area contributed by atoms with Gasteiger partial charge in [0.05, 0.1) is 17.6 Å². The van der Waals surface area contributed by atoms with E-state index >= 15 is 0 Å². The lowest BCUT2D eigenvalue weighted by Crippen LogP contribution is -2.48. The van der Waals surface area contributed by atoms with Crippen LogP contribution in [0.1, 0.15) is 43.5 Å². The fourth-order valence-corrected chi connectivity index (χ4v) is 2.94. The second kappa shape index (κ2) is 7.21. The van der Waals surface area contributed by atoms with E-state index in [0.29, 0.717) is 42.3 Å². The average Bonchev–Trinajstić information content (AvgIpc) is 2.53. The van der Waals surface area contributed by atoms with E-state index in [1.54, 1.807) is 30.0 Å². The summed E-state index contributed by atoms with van der Waals surface area (Å²) in [6.07, 6.45) is 2.07. The molecule has 126 valence electrons. The first kappa shape index (κ1) is 17.6. The van der Waals surface area contributed by atoms with E-state index in [2.05, 4.69) is 0 Å². The van der Waals surface area contributed by atoms with Crippen molar-refractivity contribution in [1.82, 2.24) is 4.90 Å². The molecule has 1 atom stereocenters. The van der Waals surface area contributed by atoms with Crippen LogP contribution in [0.4, 0.5) is 0 Å². The molecule has 1 amide bonds. The number of carbonyl (C=O) groups excluding carboxylic acids is 1. The van der Waals surface area contributed by atoms with Crippen molar-refractivity contribution < 1.29 is 19.4 Å². The largest absolute Gasteiger partial charge is 0.493 e. The van der Waals surface area contributed by atoms with E-state index in [1.165, 1.54) is 0 Å². The first-order valence-electron chi connectivity index (χ1n) is 7.82. The van der Waals surface area contributed by atoms with Crippen LogP contribution in [0.5, 0.6) is 5.75 Å². The summed E-state index contributed by atoms with van der Waals surface area (Å²) in [6.45, 7) is 4.92. The Morgan fingerprint density at radius 1 is 1.43 bits per heavy atom. The quantitative estimate of drug-likeness (QED) is 0.892. The van der Waals surface area contributed by atoms with Crippen molar-refractivity contribution in [3.8, 4) is 5.75 Å². The van der Waals surface area contributed by atoms with Crippen LogP contribution in [0, 0.1) is 5.41 Å². The number of halogens is 1. The Balaban J connectivity index is 2.25. The summed E-state index contributed by atoms with van der Waals surface area (Å²) in [5.41, 5.74) is -0.516. The third-order valence-electron chi connectivity index (χ3n) is 4.13. The Morgan fingerprint density at radius 2 is 2.17 bits per heavy atom. The van der Waals surface area contributed by atoms with E-state index < -0.39 is 11.4 Å². The van der Waals surface area contributed by atoms with Gasteiger partial charge in [-0.25, -0.2) is 0 Å². The van der Waals surface area contributed by atoms with E-state index in [9.17, 15) is 14.7 Å². The van der Waals surface area contributed by atoms with Crippen LogP contribution in [0.3, 0.4) is 0 Å². The van der Waals surface area contributed by atoms with Crippen molar-refractivity contribution in [1.29, 1.82) is 0 Å². The number of benzene rings is 1. The topological polar surface area (TPSA) is 66.8 Å². The third-order valence-corrected chi connectivity index (χ3v) is 4.37. The number of likely N-dealkylation sites (tertiary alicyclic amines) is 1. The van der Waals surface area contributed by atoms with Crippen LogP contribution in [0.25, 0.3) is 0 Å². The zero-order chi connectivity index (χ0) is 17.0. The van der Waals surface area contributed by atoms with Gasteiger partial charge in [-0.2, -0.15) is 0 Å². The molecule has 0 aromatic heterocycles. The van der Waals surface area contributed by atoms with Crippen molar-refractivity contribution in [2.45, 2.75) is 33.1 Å². The van der Waals surface area contributed by atoms with Gasteiger partial charge in [0.25, 0.3) is 5.91 Å². The first-order chi connectivity index (χ1) is 10.9. The van der Waals surface area contributed by atoms with Gasteiger partial charge in [0, 0.05) is 18.1 Å². The number of rotatable bonds is 5. The molecule has 5 nitrogen and oxygen atoms in total. The minimum absolute atomic E-state index is 0.195. The molecule has 1 aliphatic heterocycles. The van der Waals surface area contributed by atoms with Gasteiger partial charge in [0.1, 0.15) is 5.75 Å². The predicted octanol–water partition coefficient (Wildman–Crippen LogP) is 3.46. The zero-order valence-corrected chi connectivity index (χ0v) is 14.2. The minimum Gasteiger partial charge on any atom is -0.493 e. The van der Waals surface area contributed by atoms with Crippen LogP contribution in [-0.2, 0) is 4.79 Å². The second-order valence-electron chi connectivity index (χ2n) is 6.19. The van der Waals surface area contributed by atoms with Gasteiger partial charge < -0.3 is 14.7 Å². The Kier molecular flexibility index (Phi) is 5.52. The summed E-state index contributed by atoms with van der Waals surface area (Å²) >= 11 is 6.02. The minimum atomic E-state index is -0.906. The van der Waals surface area contributed by atoms with Crippen LogP contribution >= 0.6 is 11.6 Å². The lowest BCUT2D eigenvalue weighted by molar-refractivity contribution is -0.150. The Morgan fingerprint density at radius 3 is 2.83 bits per heavy atom. The van der Waals surface area contributed by atoms with Crippen molar-refractivity contribution >= 4 is 23.5 Å². The molecular formula is C17H22ClNO4. The highest BCUT2D eigenvalue weighted by Crippen LogP contribution is 2.32. The number of piperidine rings is 1. The summed E-state index contributed by atoms with van der Waals surface area (Å²) in [5.74, 6) is -0.613. The molecule has 0 radical (unpaired) electrons. The number of carboxylic acids is 1. The fraction of sp³-hybridized carbons (Fsp3) is 0.529. The van der Waals surface area contributed by atoms with Gasteiger partial charge in [0.2, 0.25) is 0 Å². The van der Waals surface area contributed by atoms with E-state index in [4.69, 9.17) is 16.3 Å². The number of ether oxygens (including phenoxy) is 1. The molecule has 23 heavy (non-hydrogen) atoms. The smallest absolute Gasteiger partial charge is 0.311 e. The van der Waals surface area contributed by atoms with Gasteiger partial charge >= 0.3 is 5.97 Å². The number of amides is 1. The summed E-state index contributed by atoms with van der Waals surface area (Å²) in [7, 11) is 0. The highest BCUT2D eigenvalue weighted by molar-refractivity contribution is 6.31. The van der Waals surface area contributed by atoms with Gasteiger partial charge in [-0.3, -0.25) is 9.59 Å². The molecule has 1 aliphatic rings. The van der Waals surface area contributed by atoms with E-state index in [-0.39, 0.29) is 12.5 Å². The summed E-state index contributed by atoms with van der Waals surface area (Å²) < 4.78 is 5.63. The van der Waals surface area contributed by atoms with E-state index in [0.717, 1.165) is 6.42 Å². The molecule has 0 aliphatic carbocycles. The standard InChI is InChI=1S/C17H22ClNO4/c1-3-9-23-14-6-5-12(18)10-13(14)15(20)19-8-4-7-17(2,11-19)16(21)22/h5-6,10H,3-4,7-9,11H2,1-2H3,(H,21,22). The maximum absolute atomic E-state index is 12.8. The Hall–Kier alpha value is -1.75. The maximum Gasteiger partial charge on any atom is 0.311 e. The number of aliphatic carboxylic acids is 1. The molecule has 1 aromatic carbocycles. The highest BCUT2D eigenvalue weighted by Gasteiger charge is 2.39. The van der Waals surface area contributed by atoms with E-state index in [1.807, 2.05) is 6.92 Å². The van der Waals surface area contributed by atoms with Crippen molar-refractivity contribution in [2.24, 2.45) is 5.41 Å². The maximum atomic E-state index is 12.8. The number of hydrogen-bond donors (Lipinski definition) is 1. The molecule has 2 rings (SSSR count). The van der Waals surface area contributed by atoms with Crippen LogP contribution in [0.2, 0.25) is 5.02 Å². The molecule has 6 heteroatoms. The SMILES string of the molecule is CCCOc1ccc(Cl)cc1C(=O)N1CCCC(C)(C(=O)O)C1. The number of hydrogen-bond acceptors (Lipinski definition) is 3. The van der Waals surface area contributed by atoms with Crippen LogP contribution in [-0.4, -0.2) is 41.6 Å². The van der Waals surface area contributed by atoms with Crippen LogP contribution in [0.15, 0.2) is 18.2 Å². The van der Waals surface area contributed by atoms with Gasteiger partial charge in [-0.05, 0) is 44.4 Å². The third kappa shape index (κ3) is 3.96. The Labute approximate surface area is 141 Å². The van der Waals surface area contributed by atoms with Crippen molar-refractivity contribution in [2.75, 3.05) is 19.7 Å². The molecule has 1 unspecified atom stereocenters. The number of nitrogens with zero attached hydrogens (tertiary/aromatic N) is 1. The number of carbonyl (C=O) groups is 2. The molecule has 1 saturated heterocycles. The summed E-state index contributed by atoms with van der Waals surface area (Å²) in [5, 5.41) is 9.85. The van der Waals surface area contributed by atoms with Crippen LogP contribution < -0.4 is 4.74 Å². The lowest BCUT2D eigenvalue weighted by Gasteiger charge is -2.37. The highest BCUT2D eigenvalue weighted by atomic mass is 35.5. The van der Waals surface area contributed by atoms with Gasteiger partial charge in [0.15, 0.2) is 0 Å². The average molecular weight is 340 g/mol.